The molecule has 1 atom stereocenters. The van der Waals surface area contributed by atoms with Crippen molar-refractivity contribution in [3.8, 4) is 5.75 Å². The third-order valence-electron chi connectivity index (χ3n) is 5.84. The van der Waals surface area contributed by atoms with Crippen molar-refractivity contribution in [3.05, 3.63) is 65.7 Å². The fourth-order valence-electron chi connectivity index (χ4n) is 4.28. The summed E-state index contributed by atoms with van der Waals surface area (Å²) in [5, 5.41) is 0. The lowest BCUT2D eigenvalue weighted by molar-refractivity contribution is 0.167. The van der Waals surface area contributed by atoms with Crippen molar-refractivity contribution in [2.45, 2.75) is 64.4 Å². The second-order valence-electron chi connectivity index (χ2n) is 7.85. The van der Waals surface area contributed by atoms with Crippen LogP contribution in [0.1, 0.15) is 70.0 Å². The largest absolute Gasteiger partial charge is 0.486 e. The Morgan fingerprint density at radius 2 is 1.56 bits per heavy atom. The van der Waals surface area contributed by atoms with E-state index >= 15 is 0 Å². The number of hydrogen-bond acceptors (Lipinski definition) is 1. The van der Waals surface area contributed by atoms with Gasteiger partial charge in [-0.3, -0.25) is 0 Å². The second-order valence-corrected chi connectivity index (χ2v) is 7.85. The summed E-state index contributed by atoms with van der Waals surface area (Å²) in [6.45, 7) is 2.27. The molecule has 0 aliphatic heterocycles. The summed E-state index contributed by atoms with van der Waals surface area (Å²) in [6, 6.07) is 13.8. The van der Waals surface area contributed by atoms with Crippen molar-refractivity contribution in [2.24, 2.45) is 11.8 Å². The lowest BCUT2D eigenvalue weighted by Gasteiger charge is -2.29. The Kier molecular flexibility index (Phi) is 7.25. The van der Waals surface area contributed by atoms with E-state index in [4.69, 9.17) is 4.74 Å². The molecule has 0 amide bonds. The normalized spacial score (nSPS) is 21.0. The zero-order valence-corrected chi connectivity index (χ0v) is 16.2. The molecule has 1 saturated carbocycles. The minimum absolute atomic E-state index is 0.135. The van der Waals surface area contributed by atoms with Crippen LogP contribution >= 0.6 is 0 Å². The van der Waals surface area contributed by atoms with Gasteiger partial charge in [0.25, 0.3) is 0 Å². The monoisotopic (exact) mass is 372 g/mol. The highest BCUT2D eigenvalue weighted by Crippen LogP contribution is 2.36. The molecule has 1 aliphatic carbocycles. The Hall–Kier alpha value is -1.90. The molecule has 1 unspecified atom stereocenters. The third kappa shape index (κ3) is 5.79. The predicted molar refractivity (Wildman–Crippen MR) is 106 cm³/mol. The van der Waals surface area contributed by atoms with Gasteiger partial charge in [-0.15, -0.1) is 0 Å². The van der Waals surface area contributed by atoms with Gasteiger partial charge in [-0.1, -0.05) is 75.8 Å². The molecule has 2 aromatic carbocycles. The molecule has 0 spiro atoms. The van der Waals surface area contributed by atoms with Crippen molar-refractivity contribution < 1.29 is 13.5 Å². The molecule has 2 aromatic rings. The van der Waals surface area contributed by atoms with Crippen LogP contribution in [0, 0.1) is 23.5 Å². The van der Waals surface area contributed by atoms with E-state index in [9.17, 15) is 8.78 Å². The maximum Gasteiger partial charge on any atom is 0.162 e. The zero-order valence-electron chi connectivity index (χ0n) is 16.2. The lowest BCUT2D eigenvalue weighted by Crippen LogP contribution is -2.16. The first-order valence-corrected chi connectivity index (χ1v) is 10.3. The standard InChI is InChI=1S/C24H30F2O/c1-2-6-18-9-11-19(12-10-18)13-16-24(20-7-4-3-5-8-20)27-21-14-15-22(25)23(26)17-21/h3-5,7-8,14-15,17-19,24H,2,6,9-13,16H2,1H3. The summed E-state index contributed by atoms with van der Waals surface area (Å²) in [7, 11) is 0. The summed E-state index contributed by atoms with van der Waals surface area (Å²) in [4.78, 5) is 0. The zero-order chi connectivity index (χ0) is 19.1. The Balaban J connectivity index is 1.62. The number of halogens is 2. The Morgan fingerprint density at radius 1 is 0.889 bits per heavy atom. The first-order chi connectivity index (χ1) is 13.2. The summed E-state index contributed by atoms with van der Waals surface area (Å²) < 4.78 is 32.8. The number of hydrogen-bond donors (Lipinski definition) is 0. The highest BCUT2D eigenvalue weighted by molar-refractivity contribution is 5.26. The van der Waals surface area contributed by atoms with Crippen molar-refractivity contribution in [1.29, 1.82) is 0 Å². The topological polar surface area (TPSA) is 9.23 Å². The number of ether oxygens (including phenoxy) is 1. The van der Waals surface area contributed by atoms with Crippen LogP contribution in [0.4, 0.5) is 8.78 Å². The third-order valence-corrected chi connectivity index (χ3v) is 5.84. The molecule has 0 saturated heterocycles. The fraction of sp³-hybridized carbons (Fsp3) is 0.500. The van der Waals surface area contributed by atoms with Gasteiger partial charge in [0.15, 0.2) is 11.6 Å². The minimum atomic E-state index is -0.867. The molecular weight excluding hydrogens is 342 g/mol. The van der Waals surface area contributed by atoms with Crippen LogP contribution < -0.4 is 4.74 Å². The van der Waals surface area contributed by atoms with E-state index in [1.54, 1.807) is 0 Å². The Morgan fingerprint density at radius 3 is 2.19 bits per heavy atom. The molecule has 0 heterocycles. The maximum atomic E-state index is 13.6. The summed E-state index contributed by atoms with van der Waals surface area (Å²) in [6.07, 6.45) is 9.82. The first-order valence-electron chi connectivity index (χ1n) is 10.3. The molecule has 0 bridgehead atoms. The van der Waals surface area contributed by atoms with Gasteiger partial charge in [-0.25, -0.2) is 8.78 Å². The van der Waals surface area contributed by atoms with Crippen LogP contribution in [0.2, 0.25) is 0 Å². The SMILES string of the molecule is CCCC1CCC(CCC(Oc2ccc(F)c(F)c2)c2ccccc2)CC1. The molecule has 0 N–H and O–H groups in total. The van der Waals surface area contributed by atoms with E-state index in [0.29, 0.717) is 5.75 Å². The van der Waals surface area contributed by atoms with E-state index in [-0.39, 0.29) is 6.10 Å². The molecule has 1 nitrogen and oxygen atoms in total. The van der Waals surface area contributed by atoms with Crippen molar-refractivity contribution >= 4 is 0 Å². The highest BCUT2D eigenvalue weighted by Gasteiger charge is 2.23. The van der Waals surface area contributed by atoms with E-state index in [2.05, 4.69) is 6.92 Å². The van der Waals surface area contributed by atoms with Gasteiger partial charge in [-0.2, -0.15) is 0 Å². The number of benzene rings is 2. The minimum Gasteiger partial charge on any atom is -0.486 e. The summed E-state index contributed by atoms with van der Waals surface area (Å²) >= 11 is 0. The van der Waals surface area contributed by atoms with Crippen LogP contribution in [0.25, 0.3) is 0 Å². The second kappa shape index (κ2) is 9.87. The van der Waals surface area contributed by atoms with Gasteiger partial charge >= 0.3 is 0 Å². The quantitative estimate of drug-likeness (QED) is 0.467. The van der Waals surface area contributed by atoms with Gasteiger partial charge in [0.2, 0.25) is 0 Å². The summed E-state index contributed by atoms with van der Waals surface area (Å²) in [5.74, 6) is 0.331. The van der Waals surface area contributed by atoms with Crippen LogP contribution in [-0.2, 0) is 0 Å². The van der Waals surface area contributed by atoms with Crippen molar-refractivity contribution in [2.75, 3.05) is 0 Å². The molecule has 146 valence electrons. The molecule has 0 radical (unpaired) electrons. The molecule has 1 aliphatic rings. The van der Waals surface area contributed by atoms with E-state index in [1.165, 1.54) is 44.6 Å². The average molecular weight is 372 g/mol. The Labute approximate surface area is 161 Å². The lowest BCUT2D eigenvalue weighted by atomic mass is 9.78. The van der Waals surface area contributed by atoms with Crippen LogP contribution in [-0.4, -0.2) is 0 Å². The highest BCUT2D eigenvalue weighted by atomic mass is 19.2. The molecule has 3 rings (SSSR count). The van der Waals surface area contributed by atoms with Crippen molar-refractivity contribution in [1.82, 2.24) is 0 Å². The predicted octanol–water partition coefficient (Wildman–Crippen LogP) is 7.47. The van der Waals surface area contributed by atoms with Gasteiger partial charge in [-0.05, 0) is 42.4 Å². The van der Waals surface area contributed by atoms with Gasteiger partial charge in [0.05, 0.1) is 0 Å². The molecule has 3 heteroatoms. The number of rotatable bonds is 8. The van der Waals surface area contributed by atoms with Crippen LogP contribution in [0.3, 0.4) is 0 Å². The summed E-state index contributed by atoms with van der Waals surface area (Å²) in [5.41, 5.74) is 1.09. The van der Waals surface area contributed by atoms with Gasteiger partial charge < -0.3 is 4.74 Å². The maximum absolute atomic E-state index is 13.6. The molecule has 27 heavy (non-hydrogen) atoms. The average Bonchev–Trinajstić information content (AvgIpc) is 2.70. The Bertz CT molecular complexity index is 693. The van der Waals surface area contributed by atoms with E-state index in [1.807, 2.05) is 30.3 Å². The van der Waals surface area contributed by atoms with E-state index < -0.39 is 11.6 Å². The van der Waals surface area contributed by atoms with Gasteiger partial charge in [0, 0.05) is 6.07 Å². The van der Waals surface area contributed by atoms with Crippen LogP contribution in [0.5, 0.6) is 5.75 Å². The van der Waals surface area contributed by atoms with Crippen LogP contribution in [0.15, 0.2) is 48.5 Å². The molecular formula is C24H30F2O. The van der Waals surface area contributed by atoms with Crippen molar-refractivity contribution in [3.63, 3.8) is 0 Å². The first kappa shape index (κ1) is 19.9. The molecule has 1 fully saturated rings. The smallest absolute Gasteiger partial charge is 0.162 e. The fourth-order valence-corrected chi connectivity index (χ4v) is 4.28. The molecule has 0 aromatic heterocycles. The van der Waals surface area contributed by atoms with E-state index in [0.717, 1.165) is 42.4 Å². The van der Waals surface area contributed by atoms with Gasteiger partial charge in [0.1, 0.15) is 11.9 Å².